The summed E-state index contributed by atoms with van der Waals surface area (Å²) in [4.78, 5) is 31.2. The number of fused-ring (bicyclic) bond motifs is 1. The average molecular weight is 477 g/mol. The maximum Gasteiger partial charge on any atom is 0.242 e. The number of thiophene rings is 1. The number of likely N-dealkylation sites (N-methyl/N-ethyl adjacent to an activating group) is 1. The number of hydrogen-bond donors (Lipinski definition) is 0. The first-order chi connectivity index (χ1) is 16.5. The predicted octanol–water partition coefficient (Wildman–Crippen LogP) is 4.96. The molecule has 1 aliphatic heterocycles. The van der Waals surface area contributed by atoms with Crippen molar-refractivity contribution in [1.29, 1.82) is 0 Å². The van der Waals surface area contributed by atoms with Crippen LogP contribution < -0.4 is 4.74 Å². The van der Waals surface area contributed by atoms with E-state index in [0.717, 1.165) is 28.9 Å². The summed E-state index contributed by atoms with van der Waals surface area (Å²) in [6.07, 6.45) is 1.14. The lowest BCUT2D eigenvalue weighted by molar-refractivity contribution is -0.142. The van der Waals surface area contributed by atoms with Gasteiger partial charge in [-0.25, -0.2) is 0 Å². The molecule has 34 heavy (non-hydrogen) atoms. The van der Waals surface area contributed by atoms with Gasteiger partial charge in [0.1, 0.15) is 12.4 Å². The van der Waals surface area contributed by atoms with E-state index < -0.39 is 0 Å². The van der Waals surface area contributed by atoms with Gasteiger partial charge < -0.3 is 14.5 Å². The van der Waals surface area contributed by atoms with Crippen LogP contribution in [0.1, 0.15) is 40.1 Å². The van der Waals surface area contributed by atoms with Gasteiger partial charge in [-0.2, -0.15) is 0 Å². The average Bonchev–Trinajstić information content (AvgIpc) is 3.31. The highest BCUT2D eigenvalue weighted by molar-refractivity contribution is 7.10. The van der Waals surface area contributed by atoms with Gasteiger partial charge in [-0.15, -0.1) is 11.3 Å². The van der Waals surface area contributed by atoms with Crippen molar-refractivity contribution >= 4 is 23.2 Å². The SMILES string of the molecule is CCN(CC(=O)N1CCc2sccc2C1COc1ccc(C)cc1C)C(=O)Cc1ccccc1. The molecule has 3 aromatic rings. The Morgan fingerprint density at radius 1 is 1.12 bits per heavy atom. The largest absolute Gasteiger partial charge is 0.491 e. The van der Waals surface area contributed by atoms with Crippen molar-refractivity contribution in [1.82, 2.24) is 9.80 Å². The summed E-state index contributed by atoms with van der Waals surface area (Å²) in [6, 6.07) is 17.8. The highest BCUT2D eigenvalue weighted by Crippen LogP contribution is 2.34. The van der Waals surface area contributed by atoms with E-state index in [1.165, 1.54) is 10.4 Å². The van der Waals surface area contributed by atoms with Crippen molar-refractivity contribution in [2.45, 2.75) is 39.7 Å². The molecule has 0 aliphatic carbocycles. The lowest BCUT2D eigenvalue weighted by Gasteiger charge is -2.37. The Bertz CT molecular complexity index is 1140. The van der Waals surface area contributed by atoms with E-state index in [9.17, 15) is 9.59 Å². The molecule has 1 aromatic heterocycles. The number of ether oxygens (including phenoxy) is 1. The van der Waals surface area contributed by atoms with Crippen LogP contribution in [0.25, 0.3) is 0 Å². The van der Waals surface area contributed by atoms with E-state index in [0.29, 0.717) is 26.1 Å². The predicted molar refractivity (Wildman–Crippen MR) is 136 cm³/mol. The molecule has 0 fully saturated rings. The number of benzene rings is 2. The molecule has 6 heteroatoms. The molecule has 4 rings (SSSR count). The van der Waals surface area contributed by atoms with Crippen LogP contribution in [0, 0.1) is 13.8 Å². The van der Waals surface area contributed by atoms with Gasteiger partial charge in [0.15, 0.2) is 0 Å². The third kappa shape index (κ3) is 5.50. The van der Waals surface area contributed by atoms with Crippen molar-refractivity contribution in [2.24, 2.45) is 0 Å². The third-order valence-electron chi connectivity index (χ3n) is 6.40. The fourth-order valence-corrected chi connectivity index (χ4v) is 5.45. The molecule has 0 spiro atoms. The summed E-state index contributed by atoms with van der Waals surface area (Å²) < 4.78 is 6.23. The van der Waals surface area contributed by atoms with Crippen LogP contribution in [0.15, 0.2) is 60.0 Å². The molecule has 0 N–H and O–H groups in total. The summed E-state index contributed by atoms with van der Waals surface area (Å²) >= 11 is 1.74. The number of carbonyl (C=O) groups is 2. The standard InChI is InChI=1S/C28H32N2O3S/c1-4-29(27(31)17-22-8-6-5-7-9-22)18-28(32)30-14-12-26-23(13-15-34-26)24(30)19-33-25-11-10-20(2)16-21(25)3/h5-11,13,15-16,24H,4,12,14,17-19H2,1-3H3. The Labute approximate surface area is 206 Å². The summed E-state index contributed by atoms with van der Waals surface area (Å²) in [5.41, 5.74) is 4.40. The fourth-order valence-electron chi connectivity index (χ4n) is 4.52. The molecular weight excluding hydrogens is 444 g/mol. The van der Waals surface area contributed by atoms with Crippen molar-refractivity contribution in [3.8, 4) is 5.75 Å². The molecule has 0 saturated heterocycles. The zero-order chi connectivity index (χ0) is 24.1. The highest BCUT2D eigenvalue weighted by atomic mass is 32.1. The zero-order valence-corrected chi connectivity index (χ0v) is 20.9. The van der Waals surface area contributed by atoms with Crippen molar-refractivity contribution in [2.75, 3.05) is 26.2 Å². The quantitative estimate of drug-likeness (QED) is 0.462. The van der Waals surface area contributed by atoms with Gasteiger partial charge in [0.05, 0.1) is 19.0 Å². The molecule has 2 heterocycles. The molecule has 2 amide bonds. The minimum Gasteiger partial charge on any atom is -0.491 e. The molecule has 2 aromatic carbocycles. The van der Waals surface area contributed by atoms with E-state index in [1.807, 2.05) is 61.2 Å². The molecule has 1 unspecified atom stereocenters. The number of amides is 2. The van der Waals surface area contributed by atoms with Crippen LogP contribution in [-0.4, -0.2) is 47.9 Å². The van der Waals surface area contributed by atoms with Gasteiger partial charge in [0.2, 0.25) is 11.8 Å². The Morgan fingerprint density at radius 3 is 2.65 bits per heavy atom. The number of rotatable bonds is 8. The van der Waals surface area contributed by atoms with E-state index in [1.54, 1.807) is 16.2 Å². The van der Waals surface area contributed by atoms with Crippen LogP contribution in [0.2, 0.25) is 0 Å². The van der Waals surface area contributed by atoms with E-state index >= 15 is 0 Å². The summed E-state index contributed by atoms with van der Waals surface area (Å²) in [5, 5.41) is 2.09. The fraction of sp³-hybridized carbons (Fsp3) is 0.357. The Balaban J connectivity index is 1.47. The minimum atomic E-state index is -0.161. The van der Waals surface area contributed by atoms with E-state index in [4.69, 9.17) is 4.74 Å². The molecule has 5 nitrogen and oxygen atoms in total. The Hall–Kier alpha value is -3.12. The Morgan fingerprint density at radius 2 is 1.91 bits per heavy atom. The van der Waals surface area contributed by atoms with Crippen LogP contribution in [0.3, 0.4) is 0 Å². The first-order valence-corrected chi connectivity index (χ1v) is 12.7. The number of aryl methyl sites for hydroxylation is 2. The normalized spacial score (nSPS) is 15.0. The second-order valence-corrected chi connectivity index (χ2v) is 9.80. The van der Waals surface area contributed by atoms with Gasteiger partial charge in [-0.3, -0.25) is 9.59 Å². The monoisotopic (exact) mass is 476 g/mol. The molecular formula is C28H32N2O3S. The maximum absolute atomic E-state index is 13.5. The van der Waals surface area contributed by atoms with Crippen molar-refractivity contribution in [3.63, 3.8) is 0 Å². The van der Waals surface area contributed by atoms with Gasteiger partial charge in [-0.1, -0.05) is 48.0 Å². The van der Waals surface area contributed by atoms with Crippen molar-refractivity contribution in [3.05, 3.63) is 87.1 Å². The number of nitrogens with zero attached hydrogens (tertiary/aromatic N) is 2. The third-order valence-corrected chi connectivity index (χ3v) is 7.40. The zero-order valence-electron chi connectivity index (χ0n) is 20.1. The topological polar surface area (TPSA) is 49.9 Å². The lowest BCUT2D eigenvalue weighted by Crippen LogP contribution is -2.48. The van der Waals surface area contributed by atoms with Crippen LogP contribution in [0.4, 0.5) is 0 Å². The van der Waals surface area contributed by atoms with Crippen molar-refractivity contribution < 1.29 is 14.3 Å². The first kappa shape index (κ1) is 24.0. The maximum atomic E-state index is 13.5. The summed E-state index contributed by atoms with van der Waals surface area (Å²) in [5.74, 6) is 0.779. The summed E-state index contributed by atoms with van der Waals surface area (Å²) in [7, 11) is 0. The van der Waals surface area contributed by atoms with Crippen LogP contribution in [-0.2, 0) is 22.4 Å². The molecule has 0 radical (unpaired) electrons. The Kier molecular flexibility index (Phi) is 7.68. The highest BCUT2D eigenvalue weighted by Gasteiger charge is 2.33. The van der Waals surface area contributed by atoms with Crippen LogP contribution in [0.5, 0.6) is 5.75 Å². The summed E-state index contributed by atoms with van der Waals surface area (Å²) in [6.45, 7) is 7.64. The first-order valence-electron chi connectivity index (χ1n) is 11.8. The minimum absolute atomic E-state index is 0.0293. The lowest BCUT2D eigenvalue weighted by atomic mass is 10.00. The second kappa shape index (κ2) is 10.9. The molecule has 1 atom stereocenters. The number of carbonyl (C=O) groups excluding carboxylic acids is 2. The molecule has 178 valence electrons. The molecule has 0 saturated carbocycles. The smallest absolute Gasteiger partial charge is 0.242 e. The van der Waals surface area contributed by atoms with E-state index in [2.05, 4.69) is 24.4 Å². The van der Waals surface area contributed by atoms with Gasteiger partial charge in [-0.05, 0) is 61.4 Å². The second-order valence-electron chi connectivity index (χ2n) is 8.80. The van der Waals surface area contributed by atoms with E-state index in [-0.39, 0.29) is 24.4 Å². The van der Waals surface area contributed by atoms with Crippen LogP contribution >= 0.6 is 11.3 Å². The molecule has 0 bridgehead atoms. The van der Waals surface area contributed by atoms with Gasteiger partial charge in [0.25, 0.3) is 0 Å². The van der Waals surface area contributed by atoms with Gasteiger partial charge >= 0.3 is 0 Å². The van der Waals surface area contributed by atoms with Gasteiger partial charge in [0, 0.05) is 18.0 Å². The number of hydrogen-bond acceptors (Lipinski definition) is 4. The molecule has 1 aliphatic rings.